The van der Waals surface area contributed by atoms with E-state index in [-0.39, 0.29) is 5.41 Å². The van der Waals surface area contributed by atoms with Crippen molar-refractivity contribution in [1.82, 2.24) is 0 Å². The van der Waals surface area contributed by atoms with Crippen LogP contribution in [-0.4, -0.2) is 0 Å². The van der Waals surface area contributed by atoms with Gasteiger partial charge in [-0.25, -0.2) is 0 Å². The number of rotatable bonds is 6. The van der Waals surface area contributed by atoms with E-state index in [0.717, 1.165) is 31.4 Å². The largest absolute Gasteiger partial charge is 0.399 e. The van der Waals surface area contributed by atoms with Gasteiger partial charge in [-0.2, -0.15) is 0 Å². The third-order valence-electron chi connectivity index (χ3n) is 12.7. The van der Waals surface area contributed by atoms with Gasteiger partial charge in [-0.3, -0.25) is 0 Å². The first-order valence-electron chi connectivity index (χ1n) is 21.0. The maximum atomic E-state index is 5.92. The number of fused-ring (bicyclic) bond motifs is 8. The van der Waals surface area contributed by atoms with Crippen molar-refractivity contribution in [3.05, 3.63) is 207 Å². The van der Waals surface area contributed by atoms with Crippen molar-refractivity contribution in [3.63, 3.8) is 0 Å². The molecule has 3 aliphatic rings. The molecule has 3 aliphatic carbocycles. The topological polar surface area (TPSA) is 52.0 Å². The number of aryl methyl sites for hydroxylation is 1. The second-order valence-electron chi connectivity index (χ2n) is 16.8. The lowest BCUT2D eigenvalue weighted by atomic mass is 9.68. The van der Waals surface area contributed by atoms with Crippen LogP contribution in [0.4, 0.5) is 0 Å². The zero-order valence-electron chi connectivity index (χ0n) is 34.9. The van der Waals surface area contributed by atoms with Gasteiger partial charge in [0, 0.05) is 18.2 Å². The molecule has 0 amide bonds. The normalized spacial score (nSPS) is 18.4. The molecule has 6 aromatic rings. The van der Waals surface area contributed by atoms with Gasteiger partial charge in [0.1, 0.15) is 0 Å². The van der Waals surface area contributed by atoms with Crippen LogP contribution in [0, 0.1) is 12.8 Å². The highest BCUT2D eigenvalue weighted by molar-refractivity contribution is 6.12. The molecule has 0 aliphatic heterocycles. The number of hydrogen-bond donors (Lipinski definition) is 2. The monoisotopic (exact) mass is 748 g/mol. The highest BCUT2D eigenvalue weighted by Gasteiger charge is 2.49. The van der Waals surface area contributed by atoms with Crippen molar-refractivity contribution in [2.75, 3.05) is 0 Å². The molecule has 2 unspecified atom stereocenters. The average Bonchev–Trinajstić information content (AvgIpc) is 3.49. The summed E-state index contributed by atoms with van der Waals surface area (Å²) in [4.78, 5) is 0. The van der Waals surface area contributed by atoms with E-state index in [1.165, 1.54) is 66.1 Å². The van der Waals surface area contributed by atoms with Crippen LogP contribution in [0.25, 0.3) is 27.1 Å². The Bertz CT molecular complexity index is 2490. The second-order valence-corrected chi connectivity index (χ2v) is 16.8. The summed E-state index contributed by atoms with van der Waals surface area (Å²) in [6.45, 7) is 14.7. The lowest BCUT2D eigenvalue weighted by molar-refractivity contribution is 0.378. The summed E-state index contributed by atoms with van der Waals surface area (Å²) in [5, 5.41) is 5.63. The van der Waals surface area contributed by atoms with Crippen LogP contribution in [-0.2, 0) is 18.4 Å². The SMILES string of the molecule is CC[C@@H](C)c1ccccc1C1=C(C)C2C(C=C1)c1c(c3ccccc3c3ccccc13)C2(C)C.Cc1cccc(CN)c1.NC1=CCCC=C1Cc1ccccc1. The molecule has 0 heterocycles. The van der Waals surface area contributed by atoms with Crippen molar-refractivity contribution in [1.29, 1.82) is 0 Å². The second kappa shape index (κ2) is 17.4. The summed E-state index contributed by atoms with van der Waals surface area (Å²) < 4.78 is 0. The molecular formula is C55H60N2. The molecule has 2 nitrogen and oxygen atoms in total. The molecule has 290 valence electrons. The van der Waals surface area contributed by atoms with Gasteiger partial charge in [0.15, 0.2) is 0 Å². The standard InChI is InChI=1S/C34H34.C13H15N.C8H11N/c1-6-21(2)23-13-7-8-14-25(23)24-19-20-30-31-28-17-11-9-15-26(28)27-16-10-12-18-29(27)33(31)34(4,5)32(30)22(24)3;14-13-9-5-4-8-12(13)10-11-6-2-1-3-7-11;1-7-3-2-4-8(5-7)6-9/h7-21,30,32H,6H2,1-5H3;1-3,6-9H,4-5,10,14H2;2-5H,6,9H2,1H3/t21-,30?,32?;;/m1../s1. The Morgan fingerprint density at radius 2 is 1.32 bits per heavy atom. The maximum absolute atomic E-state index is 5.92. The molecule has 2 heteroatoms. The molecule has 0 aromatic heterocycles. The van der Waals surface area contributed by atoms with Gasteiger partial charge in [-0.15, -0.1) is 0 Å². The Hall–Kier alpha value is -5.44. The zero-order chi connectivity index (χ0) is 40.1. The highest BCUT2D eigenvalue weighted by Crippen LogP contribution is 2.60. The number of benzene rings is 6. The van der Waals surface area contributed by atoms with Crippen LogP contribution in [0.5, 0.6) is 0 Å². The number of nitrogens with two attached hydrogens (primary N) is 2. The lowest BCUT2D eigenvalue weighted by Crippen LogP contribution is -2.28. The van der Waals surface area contributed by atoms with Crippen molar-refractivity contribution < 1.29 is 0 Å². The van der Waals surface area contributed by atoms with E-state index in [4.69, 9.17) is 11.5 Å². The fraction of sp³-hybridized carbons (Fsp3) is 0.273. The van der Waals surface area contributed by atoms with Crippen molar-refractivity contribution in [3.8, 4) is 0 Å². The van der Waals surface area contributed by atoms with Crippen LogP contribution in [0.3, 0.4) is 0 Å². The van der Waals surface area contributed by atoms with Crippen molar-refractivity contribution >= 4 is 27.1 Å². The summed E-state index contributed by atoms with van der Waals surface area (Å²) in [6, 6.07) is 45.9. The van der Waals surface area contributed by atoms with Gasteiger partial charge >= 0.3 is 0 Å². The van der Waals surface area contributed by atoms with Gasteiger partial charge in [0.25, 0.3) is 0 Å². The molecule has 3 atom stereocenters. The Kier molecular flexibility index (Phi) is 12.1. The molecule has 4 N–H and O–H groups in total. The third-order valence-corrected chi connectivity index (χ3v) is 12.7. The summed E-state index contributed by atoms with van der Waals surface area (Å²) in [5.74, 6) is 1.44. The number of hydrogen-bond acceptors (Lipinski definition) is 2. The molecule has 9 rings (SSSR count). The predicted octanol–water partition coefficient (Wildman–Crippen LogP) is 13.8. The number of allylic oxidation sites excluding steroid dienone is 7. The average molecular weight is 749 g/mol. The smallest absolute Gasteiger partial charge is 0.0306 e. The third kappa shape index (κ3) is 8.07. The van der Waals surface area contributed by atoms with E-state index >= 15 is 0 Å². The molecule has 0 radical (unpaired) electrons. The molecule has 0 saturated heterocycles. The first-order chi connectivity index (χ1) is 27.6. The van der Waals surface area contributed by atoms with Crippen LogP contribution in [0.1, 0.15) is 105 Å². The fourth-order valence-electron chi connectivity index (χ4n) is 9.77. The lowest BCUT2D eigenvalue weighted by Gasteiger charge is -2.36. The van der Waals surface area contributed by atoms with E-state index in [0.29, 0.717) is 24.3 Å². The Morgan fingerprint density at radius 3 is 1.98 bits per heavy atom. The molecule has 0 saturated carbocycles. The van der Waals surface area contributed by atoms with Crippen molar-refractivity contribution in [2.45, 2.75) is 91.0 Å². The molecule has 0 fully saturated rings. The fourth-order valence-corrected chi connectivity index (χ4v) is 9.77. The molecular weight excluding hydrogens is 689 g/mol. The van der Waals surface area contributed by atoms with Crippen LogP contribution < -0.4 is 11.5 Å². The first-order valence-corrected chi connectivity index (χ1v) is 21.0. The van der Waals surface area contributed by atoms with Crippen LogP contribution >= 0.6 is 0 Å². The van der Waals surface area contributed by atoms with E-state index in [1.807, 2.05) is 18.2 Å². The Labute approximate surface area is 341 Å². The minimum atomic E-state index is 0.0506. The zero-order valence-corrected chi connectivity index (χ0v) is 34.9. The molecule has 0 bridgehead atoms. The highest BCUT2D eigenvalue weighted by atomic mass is 14.6. The van der Waals surface area contributed by atoms with Gasteiger partial charge < -0.3 is 11.5 Å². The van der Waals surface area contributed by atoms with Crippen molar-refractivity contribution in [2.24, 2.45) is 17.4 Å². The molecule has 0 spiro atoms. The summed E-state index contributed by atoms with van der Waals surface area (Å²) >= 11 is 0. The van der Waals surface area contributed by atoms with E-state index in [1.54, 1.807) is 11.1 Å². The predicted molar refractivity (Wildman–Crippen MR) is 246 cm³/mol. The summed E-state index contributed by atoms with van der Waals surface area (Å²) in [5.41, 5.74) is 26.4. The quantitative estimate of drug-likeness (QED) is 0.167. The Balaban J connectivity index is 0.000000176. The summed E-state index contributed by atoms with van der Waals surface area (Å²) in [7, 11) is 0. The maximum Gasteiger partial charge on any atom is 0.0306 e. The van der Waals surface area contributed by atoms with Gasteiger partial charge in [-0.05, 0) is 123 Å². The van der Waals surface area contributed by atoms with E-state index < -0.39 is 0 Å². The van der Waals surface area contributed by atoms with Gasteiger partial charge in [-0.1, -0.05) is 191 Å². The van der Waals surface area contributed by atoms with Crippen LogP contribution in [0.15, 0.2) is 169 Å². The Morgan fingerprint density at radius 1 is 0.702 bits per heavy atom. The van der Waals surface area contributed by atoms with E-state index in [9.17, 15) is 0 Å². The minimum absolute atomic E-state index is 0.0506. The minimum Gasteiger partial charge on any atom is -0.399 e. The first kappa shape index (κ1) is 39.8. The van der Waals surface area contributed by atoms with Gasteiger partial charge in [0.2, 0.25) is 0 Å². The summed E-state index contributed by atoms with van der Waals surface area (Å²) in [6.07, 6.45) is 13.7. The van der Waals surface area contributed by atoms with Crippen LogP contribution in [0.2, 0.25) is 0 Å². The molecule has 6 aromatic carbocycles. The van der Waals surface area contributed by atoms with E-state index in [2.05, 4.69) is 175 Å². The van der Waals surface area contributed by atoms with Gasteiger partial charge in [0.05, 0.1) is 0 Å². The molecule has 57 heavy (non-hydrogen) atoms.